The second-order valence-electron chi connectivity index (χ2n) is 9.70. The molecule has 4 aromatic rings. The second-order valence-corrected chi connectivity index (χ2v) is 9.70. The molecule has 2 aromatic heterocycles. The lowest BCUT2D eigenvalue weighted by atomic mass is 9.91. The Bertz CT molecular complexity index is 1420. The van der Waals surface area contributed by atoms with Gasteiger partial charge in [-0.05, 0) is 49.2 Å². The third-order valence-electron chi connectivity index (χ3n) is 6.44. The molecule has 1 fully saturated rings. The molecule has 2 aromatic carbocycles. The number of carbonyl (C=O) groups excluding carboxylic acids is 1. The first-order valence-electron chi connectivity index (χ1n) is 12.9. The molecule has 1 aliphatic rings. The number of hydrogen-bond acceptors (Lipinski definition) is 8. The van der Waals surface area contributed by atoms with Crippen LogP contribution in [0.2, 0.25) is 0 Å². The van der Waals surface area contributed by atoms with Crippen molar-refractivity contribution in [3.05, 3.63) is 84.1 Å². The molecule has 0 aliphatic carbocycles. The minimum atomic E-state index is -0.890. The smallest absolute Gasteiger partial charge is 0.317 e. The summed E-state index contributed by atoms with van der Waals surface area (Å²) in [5, 5.41) is 11.8. The topological polar surface area (TPSA) is 131 Å². The van der Waals surface area contributed by atoms with Crippen molar-refractivity contribution >= 4 is 5.91 Å². The zero-order chi connectivity index (χ0) is 28.0. The van der Waals surface area contributed by atoms with E-state index in [1.807, 2.05) is 30.3 Å². The molecule has 11 heteroatoms. The summed E-state index contributed by atoms with van der Waals surface area (Å²) in [5.41, 5.74) is 2.33. The van der Waals surface area contributed by atoms with Crippen molar-refractivity contribution in [2.45, 2.75) is 26.2 Å². The molecule has 0 atom stereocenters. The van der Waals surface area contributed by atoms with Crippen LogP contribution in [0.5, 0.6) is 6.01 Å². The summed E-state index contributed by atoms with van der Waals surface area (Å²) in [6.45, 7) is 2.64. The molecule has 208 valence electrons. The number of aromatic nitrogens is 4. The maximum Gasteiger partial charge on any atom is 0.317 e. The Balaban J connectivity index is 1.38. The van der Waals surface area contributed by atoms with Crippen molar-refractivity contribution in [2.75, 3.05) is 26.4 Å². The van der Waals surface area contributed by atoms with Crippen molar-refractivity contribution < 1.29 is 28.5 Å². The van der Waals surface area contributed by atoms with Crippen LogP contribution in [0, 0.1) is 11.2 Å². The molecule has 1 saturated heterocycles. The van der Waals surface area contributed by atoms with E-state index in [9.17, 15) is 9.18 Å². The fraction of sp³-hybridized carbons (Fsp3) is 0.310. The van der Waals surface area contributed by atoms with Crippen LogP contribution in [-0.2, 0) is 20.9 Å². The lowest BCUT2D eigenvalue weighted by Gasteiger charge is -2.35. The van der Waals surface area contributed by atoms with E-state index < -0.39 is 11.7 Å². The Morgan fingerprint density at radius 2 is 1.88 bits per heavy atom. The predicted octanol–water partition coefficient (Wildman–Crippen LogP) is 3.80. The highest BCUT2D eigenvalue weighted by atomic mass is 19.1. The van der Waals surface area contributed by atoms with Crippen molar-refractivity contribution in [2.24, 2.45) is 5.41 Å². The van der Waals surface area contributed by atoms with Gasteiger partial charge in [-0.2, -0.15) is 4.98 Å². The van der Waals surface area contributed by atoms with Crippen LogP contribution in [0.3, 0.4) is 0 Å². The van der Waals surface area contributed by atoms with Crippen molar-refractivity contribution in [1.82, 2.24) is 25.3 Å². The molecule has 0 spiro atoms. The number of nitrogens with zero attached hydrogens (tertiary/aromatic N) is 3. The van der Waals surface area contributed by atoms with Crippen LogP contribution in [0.4, 0.5) is 4.39 Å². The first kappa shape index (κ1) is 27.4. The molecule has 1 aliphatic heterocycles. The molecular formula is C29H30FN5O5. The lowest BCUT2D eigenvalue weighted by Crippen LogP contribution is -2.48. The van der Waals surface area contributed by atoms with E-state index in [0.29, 0.717) is 48.0 Å². The van der Waals surface area contributed by atoms with E-state index in [1.165, 1.54) is 12.1 Å². The minimum Gasteiger partial charge on any atom is -0.459 e. The van der Waals surface area contributed by atoms with E-state index in [0.717, 1.165) is 5.56 Å². The van der Waals surface area contributed by atoms with Crippen LogP contribution in [0.15, 0.2) is 66.9 Å². The average Bonchev–Trinajstić information content (AvgIpc) is 3.43. The van der Waals surface area contributed by atoms with E-state index in [4.69, 9.17) is 24.3 Å². The average molecular weight is 548 g/mol. The van der Waals surface area contributed by atoms with Crippen LogP contribution < -0.4 is 10.1 Å². The van der Waals surface area contributed by atoms with E-state index in [2.05, 4.69) is 20.3 Å². The van der Waals surface area contributed by atoms with Gasteiger partial charge < -0.3 is 29.6 Å². The summed E-state index contributed by atoms with van der Waals surface area (Å²) >= 11 is 0. The number of benzene rings is 2. The van der Waals surface area contributed by atoms with Crippen LogP contribution >= 0.6 is 0 Å². The Kier molecular flexibility index (Phi) is 8.44. The Hall–Kier alpha value is -4.19. The largest absolute Gasteiger partial charge is 0.459 e. The first-order chi connectivity index (χ1) is 19.4. The number of imidazole rings is 1. The van der Waals surface area contributed by atoms with Crippen LogP contribution in [0.1, 0.15) is 31.0 Å². The summed E-state index contributed by atoms with van der Waals surface area (Å²) < 4.78 is 31.4. The third kappa shape index (κ3) is 6.33. The molecule has 0 bridgehead atoms. The Labute approximate surface area is 230 Å². The minimum absolute atomic E-state index is 0.00371. The van der Waals surface area contributed by atoms with Crippen LogP contribution in [0.25, 0.3) is 22.6 Å². The number of amides is 1. The highest BCUT2D eigenvalue weighted by Crippen LogP contribution is 2.35. The van der Waals surface area contributed by atoms with Gasteiger partial charge in [0, 0.05) is 24.9 Å². The Morgan fingerprint density at radius 3 is 2.60 bits per heavy atom. The molecule has 0 unspecified atom stereocenters. The highest BCUT2D eigenvalue weighted by molar-refractivity contribution is 5.82. The van der Waals surface area contributed by atoms with Gasteiger partial charge in [0.2, 0.25) is 12.2 Å². The molecule has 1 amide bonds. The third-order valence-corrected chi connectivity index (χ3v) is 6.44. The summed E-state index contributed by atoms with van der Waals surface area (Å²) in [6, 6.07) is 17.6. The van der Waals surface area contributed by atoms with Gasteiger partial charge in [0.05, 0.1) is 35.7 Å². The number of aliphatic hydroxyl groups excluding tert-OH is 1. The summed E-state index contributed by atoms with van der Waals surface area (Å²) in [5.74, 6) is -0.201. The molecule has 3 N–H and O–H groups in total. The maximum atomic E-state index is 13.7. The number of aliphatic hydroxyl groups is 1. The number of aromatic amines is 1. The summed E-state index contributed by atoms with van der Waals surface area (Å²) in [4.78, 5) is 29.4. The quantitative estimate of drug-likeness (QED) is 0.256. The fourth-order valence-electron chi connectivity index (χ4n) is 4.17. The van der Waals surface area contributed by atoms with Gasteiger partial charge in [-0.15, -0.1) is 0 Å². The molecular weight excluding hydrogens is 517 g/mol. The number of carbonyl (C=O) groups is 1. The Morgan fingerprint density at radius 1 is 1.12 bits per heavy atom. The number of nitrogens with one attached hydrogen (secondary N) is 2. The lowest BCUT2D eigenvalue weighted by molar-refractivity contribution is -0.231. The normalized spacial score (nSPS) is 18.8. The molecule has 0 radical (unpaired) electrons. The maximum absolute atomic E-state index is 13.7. The number of H-pyrrole nitrogens is 1. The zero-order valence-corrected chi connectivity index (χ0v) is 22.0. The van der Waals surface area contributed by atoms with E-state index in [1.54, 1.807) is 31.3 Å². The first-order valence-corrected chi connectivity index (χ1v) is 12.9. The molecule has 5 rings (SSSR count). The van der Waals surface area contributed by atoms with Crippen molar-refractivity contribution in [3.63, 3.8) is 0 Å². The fourth-order valence-corrected chi connectivity index (χ4v) is 4.17. The van der Waals surface area contributed by atoms with Gasteiger partial charge in [0.1, 0.15) is 12.4 Å². The number of ether oxygens (including phenoxy) is 3. The van der Waals surface area contributed by atoms with Gasteiger partial charge in [-0.1, -0.05) is 30.3 Å². The monoisotopic (exact) mass is 547 g/mol. The molecule has 40 heavy (non-hydrogen) atoms. The van der Waals surface area contributed by atoms with Gasteiger partial charge >= 0.3 is 6.01 Å². The molecule has 3 heterocycles. The van der Waals surface area contributed by atoms with Gasteiger partial charge in [-0.25, -0.2) is 14.4 Å². The van der Waals surface area contributed by atoms with E-state index in [-0.39, 0.29) is 37.6 Å². The number of halogens is 1. The van der Waals surface area contributed by atoms with Crippen molar-refractivity contribution in [3.8, 4) is 28.7 Å². The van der Waals surface area contributed by atoms with E-state index >= 15 is 0 Å². The summed E-state index contributed by atoms with van der Waals surface area (Å²) in [7, 11) is 0. The van der Waals surface area contributed by atoms with Gasteiger partial charge in [-0.3, -0.25) is 4.79 Å². The standard InChI is InChI=1S/C29H30FN5O5/c1-29(27(37)31-13-5-15-36)17-39-26(40-18-29)25-34-23(20-8-10-21(30)11-9-20)24(35-25)22-12-14-32-28(33-22)38-16-19-6-3-2-4-7-19/h2-4,6-12,14,26,36H,5,13,15-18H2,1H3,(H,31,37)(H,34,35). The predicted molar refractivity (Wildman–Crippen MR) is 143 cm³/mol. The summed E-state index contributed by atoms with van der Waals surface area (Å²) in [6.07, 6.45) is 1.20. The van der Waals surface area contributed by atoms with Crippen molar-refractivity contribution in [1.29, 1.82) is 0 Å². The number of rotatable bonds is 10. The highest BCUT2D eigenvalue weighted by Gasteiger charge is 2.40. The van der Waals surface area contributed by atoms with Gasteiger partial charge in [0.25, 0.3) is 0 Å². The van der Waals surface area contributed by atoms with Crippen LogP contribution in [-0.4, -0.2) is 57.3 Å². The molecule has 0 saturated carbocycles. The number of hydrogen-bond donors (Lipinski definition) is 3. The SMILES string of the molecule is CC1(C(=O)NCCCO)COC(c2nc(-c3ccc(F)cc3)c(-c3ccnc(OCc4ccccc4)n3)[nH]2)OC1. The molecule has 10 nitrogen and oxygen atoms in total. The second kappa shape index (κ2) is 12.3. The van der Waals surface area contributed by atoms with Gasteiger partial charge in [0.15, 0.2) is 5.82 Å². The zero-order valence-electron chi connectivity index (χ0n) is 22.0.